The highest BCUT2D eigenvalue weighted by atomic mass is 16.6. The summed E-state index contributed by atoms with van der Waals surface area (Å²) in [6.45, 7) is 4.32. The average Bonchev–Trinajstić information content (AvgIpc) is 2.25. The molecule has 3 aliphatic rings. The highest BCUT2D eigenvalue weighted by Gasteiger charge is 2.57. The van der Waals surface area contributed by atoms with Crippen LogP contribution < -0.4 is 0 Å². The van der Waals surface area contributed by atoms with Crippen molar-refractivity contribution in [3.8, 4) is 0 Å². The lowest BCUT2D eigenvalue weighted by Gasteiger charge is -2.42. The third-order valence-electron chi connectivity index (χ3n) is 3.94. The van der Waals surface area contributed by atoms with Gasteiger partial charge in [0.1, 0.15) is 0 Å². The van der Waals surface area contributed by atoms with Crippen LogP contribution in [0.15, 0.2) is 0 Å². The van der Waals surface area contributed by atoms with Crippen molar-refractivity contribution in [3.63, 3.8) is 0 Å². The first-order valence-corrected chi connectivity index (χ1v) is 5.17. The molecule has 3 heteroatoms. The molecular weight excluding hydrogens is 168 g/mol. The number of aliphatic hydroxyl groups excluding tert-OH is 1. The Labute approximate surface area is 78.0 Å². The fourth-order valence-corrected chi connectivity index (χ4v) is 3.24. The van der Waals surface area contributed by atoms with Crippen LogP contribution in [0.25, 0.3) is 0 Å². The monoisotopic (exact) mass is 184 g/mol. The Kier molecular flexibility index (Phi) is 1.56. The topological polar surface area (TPSA) is 38.7 Å². The molecule has 3 bridgehead atoms. The summed E-state index contributed by atoms with van der Waals surface area (Å²) in [6, 6.07) is 0. The van der Waals surface area contributed by atoms with Crippen molar-refractivity contribution in [1.82, 2.24) is 0 Å². The van der Waals surface area contributed by atoms with E-state index in [1.54, 1.807) is 0 Å². The second kappa shape index (κ2) is 2.47. The Bertz CT molecular complexity index is 228. The molecule has 3 aliphatic heterocycles. The summed E-state index contributed by atoms with van der Waals surface area (Å²) in [5.41, 5.74) is 0. The van der Waals surface area contributed by atoms with Crippen molar-refractivity contribution in [3.05, 3.63) is 0 Å². The van der Waals surface area contributed by atoms with Crippen LogP contribution in [0, 0.1) is 11.8 Å². The van der Waals surface area contributed by atoms with Crippen molar-refractivity contribution in [1.29, 1.82) is 0 Å². The van der Waals surface area contributed by atoms with Gasteiger partial charge in [0.2, 0.25) is 0 Å². The SMILES string of the molecule is C[C@@H]1[C@H]2OC3[C@@H](O)C[C@H]2O[C@H]1[C@H]3C. The minimum Gasteiger partial charge on any atom is -0.390 e. The van der Waals surface area contributed by atoms with E-state index in [1.807, 2.05) is 0 Å². The Morgan fingerprint density at radius 1 is 1.00 bits per heavy atom. The van der Waals surface area contributed by atoms with Gasteiger partial charge in [-0.1, -0.05) is 13.8 Å². The molecule has 74 valence electrons. The predicted molar refractivity (Wildman–Crippen MR) is 46.3 cm³/mol. The maximum atomic E-state index is 9.77. The minimum absolute atomic E-state index is 0.0185. The van der Waals surface area contributed by atoms with Gasteiger partial charge in [-0.25, -0.2) is 0 Å². The largest absolute Gasteiger partial charge is 0.390 e. The Morgan fingerprint density at radius 3 is 2.46 bits per heavy atom. The molecule has 0 aromatic rings. The first-order chi connectivity index (χ1) is 6.18. The van der Waals surface area contributed by atoms with Crippen LogP contribution in [-0.2, 0) is 9.47 Å². The smallest absolute Gasteiger partial charge is 0.0893 e. The van der Waals surface area contributed by atoms with Crippen LogP contribution in [-0.4, -0.2) is 35.6 Å². The quantitative estimate of drug-likeness (QED) is 0.598. The molecule has 1 N–H and O–H groups in total. The maximum Gasteiger partial charge on any atom is 0.0893 e. The van der Waals surface area contributed by atoms with Gasteiger partial charge in [0.05, 0.1) is 30.5 Å². The molecule has 0 saturated carbocycles. The van der Waals surface area contributed by atoms with E-state index in [1.165, 1.54) is 0 Å². The predicted octanol–water partition coefficient (Wildman–Crippen LogP) is 0.558. The van der Waals surface area contributed by atoms with E-state index < -0.39 is 0 Å². The van der Waals surface area contributed by atoms with Gasteiger partial charge in [-0.15, -0.1) is 0 Å². The molecule has 0 spiro atoms. The standard InChI is InChI=1S/C10H16O3/c1-4-8-5(2)10-7(12-8)3-6(11)9(4)13-10/h4-11H,3H2,1-2H3/t4-,5+,6+,7-,8+,9?,10-/m1/s1. The van der Waals surface area contributed by atoms with Gasteiger partial charge in [-0.3, -0.25) is 0 Å². The van der Waals surface area contributed by atoms with Gasteiger partial charge < -0.3 is 14.6 Å². The van der Waals surface area contributed by atoms with Crippen LogP contribution in [0.3, 0.4) is 0 Å². The molecule has 1 unspecified atom stereocenters. The van der Waals surface area contributed by atoms with Crippen molar-refractivity contribution in [2.45, 2.75) is 50.8 Å². The number of hydrogen-bond acceptors (Lipinski definition) is 3. The normalized spacial score (nSPS) is 64.4. The maximum absolute atomic E-state index is 9.77. The van der Waals surface area contributed by atoms with E-state index >= 15 is 0 Å². The van der Waals surface area contributed by atoms with Gasteiger partial charge in [0.15, 0.2) is 0 Å². The molecule has 3 rings (SSSR count). The van der Waals surface area contributed by atoms with Crippen LogP contribution in [0.4, 0.5) is 0 Å². The van der Waals surface area contributed by atoms with Gasteiger partial charge in [0.25, 0.3) is 0 Å². The molecule has 3 heterocycles. The third-order valence-corrected chi connectivity index (χ3v) is 3.94. The number of hydrogen-bond donors (Lipinski definition) is 1. The molecule has 0 aromatic carbocycles. The van der Waals surface area contributed by atoms with Gasteiger partial charge in [-0.2, -0.15) is 0 Å². The summed E-state index contributed by atoms with van der Waals surface area (Å²) in [5.74, 6) is 0.845. The van der Waals surface area contributed by atoms with Crippen molar-refractivity contribution in [2.75, 3.05) is 0 Å². The zero-order chi connectivity index (χ0) is 9.16. The minimum atomic E-state index is -0.311. The molecule has 3 fully saturated rings. The first kappa shape index (κ1) is 8.21. The average molecular weight is 184 g/mol. The molecule has 3 nitrogen and oxygen atoms in total. The number of rotatable bonds is 0. The summed E-state index contributed by atoms with van der Waals surface area (Å²) in [7, 11) is 0. The third kappa shape index (κ3) is 0.901. The van der Waals surface area contributed by atoms with Crippen molar-refractivity contribution < 1.29 is 14.6 Å². The van der Waals surface area contributed by atoms with Crippen molar-refractivity contribution >= 4 is 0 Å². The molecule has 7 atom stereocenters. The van der Waals surface area contributed by atoms with E-state index in [9.17, 15) is 5.11 Å². The number of ether oxygens (including phenoxy) is 2. The van der Waals surface area contributed by atoms with Crippen LogP contribution >= 0.6 is 0 Å². The zero-order valence-electron chi connectivity index (χ0n) is 8.01. The van der Waals surface area contributed by atoms with E-state index in [4.69, 9.17) is 9.47 Å². The molecule has 3 saturated heterocycles. The second-order valence-corrected chi connectivity index (χ2v) is 4.73. The molecular formula is C10H16O3. The highest BCUT2D eigenvalue weighted by molar-refractivity contribution is 5.04. The lowest BCUT2D eigenvalue weighted by atomic mass is 9.77. The highest BCUT2D eigenvalue weighted by Crippen LogP contribution is 2.47. The number of fused-ring (bicyclic) bond motifs is 2. The second-order valence-electron chi connectivity index (χ2n) is 4.73. The lowest BCUT2D eigenvalue weighted by molar-refractivity contribution is -0.169. The Balaban J connectivity index is 1.97. The summed E-state index contributed by atoms with van der Waals surface area (Å²) in [6.07, 6.45) is 1.18. The number of aliphatic hydroxyl groups is 1. The fraction of sp³-hybridized carbons (Fsp3) is 1.00. The molecule has 0 aromatic heterocycles. The van der Waals surface area contributed by atoms with E-state index in [0.29, 0.717) is 17.9 Å². The Morgan fingerprint density at radius 2 is 1.69 bits per heavy atom. The van der Waals surface area contributed by atoms with Crippen LogP contribution in [0.2, 0.25) is 0 Å². The fourth-order valence-electron chi connectivity index (χ4n) is 3.24. The van der Waals surface area contributed by atoms with Crippen molar-refractivity contribution in [2.24, 2.45) is 11.8 Å². The molecule has 0 radical (unpaired) electrons. The van der Waals surface area contributed by atoms with E-state index in [-0.39, 0.29) is 24.4 Å². The summed E-state index contributed by atoms with van der Waals surface area (Å²) < 4.78 is 11.7. The van der Waals surface area contributed by atoms with Gasteiger partial charge in [0, 0.05) is 18.3 Å². The van der Waals surface area contributed by atoms with Gasteiger partial charge >= 0.3 is 0 Å². The summed E-state index contributed by atoms with van der Waals surface area (Å²) >= 11 is 0. The molecule has 0 amide bonds. The van der Waals surface area contributed by atoms with Crippen LogP contribution in [0.1, 0.15) is 20.3 Å². The van der Waals surface area contributed by atoms with E-state index in [0.717, 1.165) is 6.42 Å². The summed E-state index contributed by atoms with van der Waals surface area (Å²) in [5, 5.41) is 9.77. The molecule has 13 heavy (non-hydrogen) atoms. The van der Waals surface area contributed by atoms with E-state index in [2.05, 4.69) is 13.8 Å². The van der Waals surface area contributed by atoms with Gasteiger partial charge in [-0.05, 0) is 0 Å². The Hall–Kier alpha value is -0.120. The van der Waals surface area contributed by atoms with Crippen LogP contribution in [0.5, 0.6) is 0 Å². The molecule has 0 aliphatic carbocycles. The summed E-state index contributed by atoms with van der Waals surface area (Å²) in [4.78, 5) is 0. The zero-order valence-corrected chi connectivity index (χ0v) is 8.01. The first-order valence-electron chi connectivity index (χ1n) is 5.17. The lowest BCUT2D eigenvalue weighted by Crippen LogP contribution is -2.53.